The number of hydrogen-bond donors (Lipinski definition) is 1. The standard InChI is InChI=1S/C10H15N3/c1-2-4-9-8(3-1)7-12-10-11-5-6-13(9)10/h5-6,8-9H,1-4,7H2,(H,11,12). The highest BCUT2D eigenvalue weighted by Gasteiger charge is 2.30. The maximum Gasteiger partial charge on any atom is 0.203 e. The fourth-order valence-electron chi connectivity index (χ4n) is 2.73. The van der Waals surface area contributed by atoms with Gasteiger partial charge < -0.3 is 9.88 Å². The van der Waals surface area contributed by atoms with Crippen LogP contribution in [0.4, 0.5) is 5.95 Å². The Morgan fingerprint density at radius 1 is 1.38 bits per heavy atom. The number of fused-ring (bicyclic) bond motifs is 3. The average Bonchev–Trinajstić information content (AvgIpc) is 2.65. The van der Waals surface area contributed by atoms with Crippen molar-refractivity contribution in [3.8, 4) is 0 Å². The third-order valence-electron chi connectivity index (χ3n) is 3.42. The summed E-state index contributed by atoms with van der Waals surface area (Å²) in [6.07, 6.45) is 9.54. The molecule has 1 N–H and O–H groups in total. The second-order valence-corrected chi connectivity index (χ2v) is 4.15. The number of nitrogens with one attached hydrogen (secondary N) is 1. The van der Waals surface area contributed by atoms with Crippen molar-refractivity contribution in [1.29, 1.82) is 0 Å². The molecule has 0 radical (unpaired) electrons. The maximum atomic E-state index is 4.30. The van der Waals surface area contributed by atoms with Gasteiger partial charge in [0.1, 0.15) is 0 Å². The van der Waals surface area contributed by atoms with Gasteiger partial charge in [-0.05, 0) is 18.8 Å². The van der Waals surface area contributed by atoms with E-state index in [-0.39, 0.29) is 0 Å². The van der Waals surface area contributed by atoms with E-state index < -0.39 is 0 Å². The van der Waals surface area contributed by atoms with Gasteiger partial charge >= 0.3 is 0 Å². The molecular weight excluding hydrogens is 162 g/mol. The van der Waals surface area contributed by atoms with E-state index in [0.29, 0.717) is 0 Å². The fraction of sp³-hybridized carbons (Fsp3) is 0.700. The Bertz CT molecular complexity index is 305. The predicted molar refractivity (Wildman–Crippen MR) is 51.7 cm³/mol. The van der Waals surface area contributed by atoms with Gasteiger partial charge in [-0.15, -0.1) is 0 Å². The number of aromatic nitrogens is 2. The molecule has 1 saturated carbocycles. The third-order valence-corrected chi connectivity index (χ3v) is 3.42. The second-order valence-electron chi connectivity index (χ2n) is 4.15. The van der Waals surface area contributed by atoms with Crippen molar-refractivity contribution in [2.45, 2.75) is 31.7 Å². The molecule has 1 aromatic heterocycles. The summed E-state index contributed by atoms with van der Waals surface area (Å²) in [6.45, 7) is 1.13. The summed E-state index contributed by atoms with van der Waals surface area (Å²) in [4.78, 5) is 4.30. The maximum absolute atomic E-state index is 4.30. The summed E-state index contributed by atoms with van der Waals surface area (Å²) in [5.41, 5.74) is 0. The molecule has 70 valence electrons. The van der Waals surface area contributed by atoms with Crippen molar-refractivity contribution in [3.63, 3.8) is 0 Å². The molecule has 2 aliphatic rings. The van der Waals surface area contributed by atoms with Crippen LogP contribution in [-0.4, -0.2) is 16.1 Å². The third kappa shape index (κ3) is 1.06. The quantitative estimate of drug-likeness (QED) is 0.657. The van der Waals surface area contributed by atoms with Crippen LogP contribution in [-0.2, 0) is 0 Å². The predicted octanol–water partition coefficient (Wildman–Crippen LogP) is 2.04. The Labute approximate surface area is 78.2 Å². The van der Waals surface area contributed by atoms with Crippen molar-refractivity contribution in [3.05, 3.63) is 12.4 Å². The Hall–Kier alpha value is -0.990. The van der Waals surface area contributed by atoms with E-state index in [1.165, 1.54) is 25.7 Å². The summed E-state index contributed by atoms with van der Waals surface area (Å²) in [5.74, 6) is 1.92. The molecule has 0 bridgehead atoms. The Kier molecular flexibility index (Phi) is 1.57. The largest absolute Gasteiger partial charge is 0.355 e. The molecule has 1 aliphatic heterocycles. The summed E-state index contributed by atoms with van der Waals surface area (Å²) >= 11 is 0. The van der Waals surface area contributed by atoms with Crippen molar-refractivity contribution in [2.24, 2.45) is 5.92 Å². The first-order chi connectivity index (χ1) is 6.45. The highest BCUT2D eigenvalue weighted by molar-refractivity contribution is 5.30. The normalized spacial score (nSPS) is 31.7. The number of rotatable bonds is 0. The molecule has 3 rings (SSSR count). The van der Waals surface area contributed by atoms with E-state index in [0.717, 1.165) is 24.5 Å². The lowest BCUT2D eigenvalue weighted by atomic mass is 9.83. The molecule has 0 aromatic carbocycles. The van der Waals surface area contributed by atoms with Crippen LogP contribution in [0.2, 0.25) is 0 Å². The zero-order chi connectivity index (χ0) is 8.67. The Morgan fingerprint density at radius 3 is 3.31 bits per heavy atom. The summed E-state index contributed by atoms with van der Waals surface area (Å²) < 4.78 is 2.33. The van der Waals surface area contributed by atoms with Crippen molar-refractivity contribution in [2.75, 3.05) is 11.9 Å². The lowest BCUT2D eigenvalue weighted by Crippen LogP contribution is -2.34. The van der Waals surface area contributed by atoms with Gasteiger partial charge in [0, 0.05) is 25.0 Å². The van der Waals surface area contributed by atoms with E-state index in [1.54, 1.807) is 0 Å². The zero-order valence-electron chi connectivity index (χ0n) is 7.74. The van der Waals surface area contributed by atoms with E-state index in [4.69, 9.17) is 0 Å². The van der Waals surface area contributed by atoms with Gasteiger partial charge in [0.15, 0.2) is 0 Å². The van der Waals surface area contributed by atoms with Gasteiger partial charge in [-0.1, -0.05) is 12.8 Å². The molecule has 3 nitrogen and oxygen atoms in total. The minimum Gasteiger partial charge on any atom is -0.355 e. The van der Waals surface area contributed by atoms with Crippen LogP contribution in [0.15, 0.2) is 12.4 Å². The average molecular weight is 177 g/mol. The molecule has 0 spiro atoms. The van der Waals surface area contributed by atoms with Gasteiger partial charge in [0.25, 0.3) is 0 Å². The van der Waals surface area contributed by atoms with Crippen LogP contribution in [0, 0.1) is 5.92 Å². The van der Waals surface area contributed by atoms with Crippen LogP contribution in [0.5, 0.6) is 0 Å². The minimum absolute atomic E-state index is 0.729. The molecule has 2 heterocycles. The van der Waals surface area contributed by atoms with E-state index in [2.05, 4.69) is 21.1 Å². The van der Waals surface area contributed by atoms with Crippen LogP contribution in [0.1, 0.15) is 31.7 Å². The lowest BCUT2D eigenvalue weighted by Gasteiger charge is -2.37. The molecule has 1 aliphatic carbocycles. The number of anilines is 1. The molecule has 1 aromatic rings. The van der Waals surface area contributed by atoms with Crippen LogP contribution < -0.4 is 5.32 Å². The van der Waals surface area contributed by atoms with Gasteiger partial charge in [-0.2, -0.15) is 0 Å². The topological polar surface area (TPSA) is 29.9 Å². The van der Waals surface area contributed by atoms with Gasteiger partial charge in [0.05, 0.1) is 0 Å². The van der Waals surface area contributed by atoms with Crippen molar-refractivity contribution in [1.82, 2.24) is 9.55 Å². The van der Waals surface area contributed by atoms with E-state index >= 15 is 0 Å². The smallest absolute Gasteiger partial charge is 0.203 e. The molecular formula is C10H15N3. The summed E-state index contributed by atoms with van der Waals surface area (Å²) in [5, 5.41) is 3.39. The minimum atomic E-state index is 0.729. The fourth-order valence-corrected chi connectivity index (χ4v) is 2.73. The highest BCUT2D eigenvalue weighted by atomic mass is 15.2. The van der Waals surface area contributed by atoms with Crippen molar-refractivity contribution >= 4 is 5.95 Å². The monoisotopic (exact) mass is 177 g/mol. The molecule has 2 atom stereocenters. The Morgan fingerprint density at radius 2 is 2.31 bits per heavy atom. The van der Waals surface area contributed by atoms with Crippen LogP contribution in [0.25, 0.3) is 0 Å². The van der Waals surface area contributed by atoms with E-state index in [9.17, 15) is 0 Å². The van der Waals surface area contributed by atoms with Crippen LogP contribution >= 0.6 is 0 Å². The second kappa shape index (κ2) is 2.76. The number of hydrogen-bond acceptors (Lipinski definition) is 2. The van der Waals surface area contributed by atoms with Gasteiger partial charge in [-0.25, -0.2) is 4.98 Å². The number of nitrogens with zero attached hydrogens (tertiary/aromatic N) is 2. The first-order valence-corrected chi connectivity index (χ1v) is 5.22. The summed E-state index contributed by atoms with van der Waals surface area (Å²) in [6, 6.07) is 0.729. The highest BCUT2D eigenvalue weighted by Crippen LogP contribution is 2.38. The first-order valence-electron chi connectivity index (χ1n) is 5.22. The Balaban J connectivity index is 1.97. The van der Waals surface area contributed by atoms with E-state index in [1.807, 2.05) is 6.20 Å². The molecule has 0 amide bonds. The molecule has 13 heavy (non-hydrogen) atoms. The molecule has 0 saturated heterocycles. The number of imidazole rings is 1. The first kappa shape index (κ1) is 7.42. The van der Waals surface area contributed by atoms with Crippen molar-refractivity contribution < 1.29 is 0 Å². The molecule has 1 fully saturated rings. The molecule has 3 heteroatoms. The zero-order valence-corrected chi connectivity index (χ0v) is 7.74. The summed E-state index contributed by atoms with van der Waals surface area (Å²) in [7, 11) is 0. The molecule has 2 unspecified atom stereocenters. The van der Waals surface area contributed by atoms with Gasteiger partial charge in [0.2, 0.25) is 5.95 Å². The van der Waals surface area contributed by atoms with Gasteiger partial charge in [-0.3, -0.25) is 0 Å². The lowest BCUT2D eigenvalue weighted by molar-refractivity contribution is 0.238. The SMILES string of the molecule is c1cn2c(n1)NCC1CCCCC12. The van der Waals surface area contributed by atoms with Crippen LogP contribution in [0.3, 0.4) is 0 Å².